The van der Waals surface area contributed by atoms with E-state index in [1.165, 1.54) is 56.3 Å². The molecule has 0 radical (unpaired) electrons. The lowest BCUT2D eigenvalue weighted by Crippen LogP contribution is -2.26. The zero-order valence-electron chi connectivity index (χ0n) is 42.9. The highest BCUT2D eigenvalue weighted by molar-refractivity contribution is 6.21. The monoisotopic (exact) mass is 1040 g/mol. The largest absolute Gasteiger partial charge is 0.454 e. The predicted octanol–water partition coefficient (Wildman–Crippen LogP) is 20.9. The minimum atomic E-state index is -4.52. The number of fused-ring (bicyclic) bond motifs is 20. The van der Waals surface area contributed by atoms with E-state index in [4.69, 9.17) is 8.83 Å². The van der Waals surface area contributed by atoms with E-state index in [0.717, 1.165) is 100.0 Å². The van der Waals surface area contributed by atoms with Gasteiger partial charge in [0.15, 0.2) is 11.2 Å². The Hall–Kier alpha value is -10.1. The third-order valence-electron chi connectivity index (χ3n) is 17.3. The van der Waals surface area contributed by atoms with Crippen LogP contribution in [0.5, 0.6) is 0 Å². The van der Waals surface area contributed by atoms with Crippen LogP contribution in [0.3, 0.4) is 0 Å². The van der Waals surface area contributed by atoms with E-state index < -0.39 is 17.2 Å². The van der Waals surface area contributed by atoms with Crippen molar-refractivity contribution in [1.82, 2.24) is 0 Å². The highest BCUT2D eigenvalue weighted by Gasteiger charge is 2.53. The van der Waals surface area contributed by atoms with Crippen molar-refractivity contribution in [2.24, 2.45) is 0 Å². The Labute approximate surface area is 457 Å². The molecule has 0 bridgehead atoms. The van der Waals surface area contributed by atoms with Gasteiger partial charge in [0.1, 0.15) is 11.2 Å². The Balaban J connectivity index is 0.974. The molecule has 1 atom stereocenters. The van der Waals surface area contributed by atoms with E-state index in [0.29, 0.717) is 17.0 Å². The molecule has 2 aromatic heterocycles. The third-order valence-corrected chi connectivity index (χ3v) is 17.3. The number of aryl methyl sites for hydroxylation is 1. The number of para-hydroxylation sites is 4. The van der Waals surface area contributed by atoms with E-state index in [2.05, 4.69) is 181 Å². The lowest BCUT2D eigenvalue weighted by Gasteiger charge is -2.33. The lowest BCUT2D eigenvalue weighted by molar-refractivity contribution is -0.137. The zero-order valence-corrected chi connectivity index (χ0v) is 42.9. The molecule has 12 aromatic carbocycles. The molecule has 0 saturated carbocycles. The molecular formula is C73H43F3N2O2. The number of halogens is 3. The summed E-state index contributed by atoms with van der Waals surface area (Å²) in [5.74, 6) is 0. The van der Waals surface area contributed by atoms with E-state index in [9.17, 15) is 13.2 Å². The van der Waals surface area contributed by atoms with E-state index in [1.807, 2.05) is 54.6 Å². The van der Waals surface area contributed by atoms with Gasteiger partial charge in [0.2, 0.25) is 0 Å². The van der Waals surface area contributed by atoms with Crippen LogP contribution in [0.1, 0.15) is 33.4 Å². The molecule has 0 fully saturated rings. The Kier molecular flexibility index (Phi) is 9.12. The normalized spacial score (nSPS) is 14.6. The number of hydrogen-bond acceptors (Lipinski definition) is 4. The summed E-state index contributed by atoms with van der Waals surface area (Å²) < 4.78 is 56.7. The van der Waals surface area contributed by atoms with Gasteiger partial charge in [-0.2, -0.15) is 13.2 Å². The maximum Gasteiger partial charge on any atom is 0.416 e. The van der Waals surface area contributed by atoms with Crippen molar-refractivity contribution in [1.29, 1.82) is 0 Å². The predicted molar refractivity (Wildman–Crippen MR) is 318 cm³/mol. The fraction of sp³-hybridized carbons (Fsp3) is 0.0411. The summed E-state index contributed by atoms with van der Waals surface area (Å²) in [6.07, 6.45) is -4.52. The molecule has 0 amide bonds. The van der Waals surface area contributed by atoms with Gasteiger partial charge in [-0.25, -0.2) is 0 Å². The van der Waals surface area contributed by atoms with Crippen LogP contribution < -0.4 is 9.80 Å². The molecule has 0 aliphatic heterocycles. The van der Waals surface area contributed by atoms with Gasteiger partial charge in [-0.05, 0) is 175 Å². The van der Waals surface area contributed by atoms with Gasteiger partial charge < -0.3 is 18.6 Å². The maximum atomic E-state index is 14.4. The zero-order chi connectivity index (χ0) is 53.2. The first-order valence-corrected chi connectivity index (χ1v) is 27.0. The number of hydrogen-bond donors (Lipinski definition) is 0. The van der Waals surface area contributed by atoms with E-state index in [1.54, 1.807) is 12.1 Å². The van der Waals surface area contributed by atoms with Crippen LogP contribution in [0.25, 0.3) is 99.2 Å². The van der Waals surface area contributed by atoms with Gasteiger partial charge >= 0.3 is 6.18 Å². The van der Waals surface area contributed by atoms with Crippen LogP contribution in [0.15, 0.2) is 251 Å². The second kappa shape index (κ2) is 16.2. The first-order chi connectivity index (χ1) is 39.2. The number of nitrogens with zero attached hydrogens (tertiary/aromatic N) is 2. The summed E-state index contributed by atoms with van der Waals surface area (Å²) in [4.78, 5) is 4.39. The summed E-state index contributed by atoms with van der Waals surface area (Å²) in [7, 11) is 0. The summed E-state index contributed by atoms with van der Waals surface area (Å²) in [6, 6.07) is 83.1. The average molecular weight is 1040 g/mol. The molecule has 7 heteroatoms. The molecule has 3 aliphatic rings. The maximum absolute atomic E-state index is 14.4. The van der Waals surface area contributed by atoms with Crippen LogP contribution in [0, 0.1) is 6.92 Å². The van der Waals surface area contributed by atoms with Crippen LogP contribution in [0.4, 0.5) is 47.3 Å². The van der Waals surface area contributed by atoms with Crippen molar-refractivity contribution >= 4 is 88.8 Å². The van der Waals surface area contributed by atoms with Crippen LogP contribution >= 0.6 is 0 Å². The van der Waals surface area contributed by atoms with Gasteiger partial charge in [-0.3, -0.25) is 0 Å². The molecule has 4 nitrogen and oxygen atoms in total. The SMILES string of the molecule is Cc1ccc(N(c2ccc3c(c2)C2(c4cc(N(c5ccc(C(F)(F)F)cc5)c5cccc6c5oc5ccccc56)ccc4-3)c3ccccc3-c3c2cc2c4c(cccc34)-c3ccccc3-2)c2cccc3c2oc2ccccc23)cc1. The summed E-state index contributed by atoms with van der Waals surface area (Å²) in [5.41, 5.74) is 21.3. The number of rotatable bonds is 6. The molecule has 14 aromatic rings. The minimum absolute atomic E-state index is 0.557. The standard InChI is InChI=1S/C73H43F3N2O2/c1-42-27-31-44(32-28-42)77(64-23-11-19-55-52-15-5-8-25-66(52)79-70(55)64)46-35-37-50-51-38-36-47(78(45-33-29-43(30-34-45)73(74,75)76)65-24-12-20-56-53-16-6-9-26-67(53)80-71(56)65)40-62(51)72(61(50)39-46)60-22-7-4-17-57(60)69-58-21-10-18-54-48-13-2-3-14-49(48)59(68(54)58)41-63(69)72/h2-41H,1H3. The van der Waals surface area contributed by atoms with Gasteiger partial charge in [-0.1, -0.05) is 157 Å². The van der Waals surface area contributed by atoms with Crippen molar-refractivity contribution < 1.29 is 22.0 Å². The minimum Gasteiger partial charge on any atom is -0.454 e. The molecule has 3 aliphatic carbocycles. The van der Waals surface area contributed by atoms with Gasteiger partial charge in [0.25, 0.3) is 0 Å². The van der Waals surface area contributed by atoms with Crippen LogP contribution in [-0.2, 0) is 11.6 Å². The summed E-state index contributed by atoms with van der Waals surface area (Å²) >= 11 is 0. The van der Waals surface area contributed by atoms with Crippen LogP contribution in [0.2, 0.25) is 0 Å². The molecule has 1 unspecified atom stereocenters. The number of anilines is 6. The smallest absolute Gasteiger partial charge is 0.416 e. The summed E-state index contributed by atoms with van der Waals surface area (Å²) in [6.45, 7) is 2.11. The molecule has 2 heterocycles. The van der Waals surface area contributed by atoms with E-state index in [-0.39, 0.29) is 0 Å². The first-order valence-electron chi connectivity index (χ1n) is 27.0. The summed E-state index contributed by atoms with van der Waals surface area (Å²) in [5, 5.41) is 6.39. The molecule has 17 rings (SSSR count). The Morgan fingerprint density at radius 2 is 0.812 bits per heavy atom. The fourth-order valence-electron chi connectivity index (χ4n) is 14.0. The van der Waals surface area contributed by atoms with Crippen molar-refractivity contribution in [2.45, 2.75) is 18.5 Å². The second-order valence-electron chi connectivity index (χ2n) is 21.4. The highest BCUT2D eigenvalue weighted by atomic mass is 19.4. The number of furan rings is 2. The molecule has 378 valence electrons. The molecule has 1 spiro atoms. The van der Waals surface area contributed by atoms with Gasteiger partial charge in [0, 0.05) is 44.3 Å². The second-order valence-corrected chi connectivity index (χ2v) is 21.4. The van der Waals surface area contributed by atoms with Gasteiger partial charge in [0.05, 0.1) is 22.4 Å². The fourth-order valence-corrected chi connectivity index (χ4v) is 14.0. The third kappa shape index (κ3) is 6.06. The van der Waals surface area contributed by atoms with Crippen LogP contribution in [-0.4, -0.2) is 0 Å². The average Bonchev–Trinajstić information content (AvgIpc) is 4.45. The Bertz CT molecular complexity index is 4970. The molecule has 0 saturated heterocycles. The van der Waals surface area contributed by atoms with Gasteiger partial charge in [-0.15, -0.1) is 0 Å². The van der Waals surface area contributed by atoms with E-state index >= 15 is 0 Å². The molecular weight excluding hydrogens is 994 g/mol. The first kappa shape index (κ1) is 45.0. The highest BCUT2D eigenvalue weighted by Crippen LogP contribution is 2.67. The molecule has 80 heavy (non-hydrogen) atoms. The van der Waals surface area contributed by atoms with Crippen molar-refractivity contribution in [3.05, 3.63) is 276 Å². The van der Waals surface area contributed by atoms with Crippen molar-refractivity contribution in [3.63, 3.8) is 0 Å². The topological polar surface area (TPSA) is 32.8 Å². The quantitative estimate of drug-likeness (QED) is 0.166. The lowest BCUT2D eigenvalue weighted by atomic mass is 9.70. The van der Waals surface area contributed by atoms with Crippen molar-refractivity contribution in [2.75, 3.05) is 9.80 Å². The van der Waals surface area contributed by atoms with Crippen molar-refractivity contribution in [3.8, 4) is 44.5 Å². The number of benzene rings is 12. The Morgan fingerprint density at radius 3 is 1.40 bits per heavy atom. The molecule has 0 N–H and O–H groups in total. The Morgan fingerprint density at radius 1 is 0.350 bits per heavy atom. The number of alkyl halides is 3.